The van der Waals surface area contributed by atoms with Gasteiger partial charge in [-0.05, 0) is 61.6 Å². The van der Waals surface area contributed by atoms with Crippen LogP contribution in [0, 0.1) is 0 Å². The van der Waals surface area contributed by atoms with Crippen LogP contribution < -0.4 is 14.8 Å². The maximum absolute atomic E-state index is 11.3. The highest BCUT2D eigenvalue weighted by molar-refractivity contribution is 6.30. The lowest BCUT2D eigenvalue weighted by Crippen LogP contribution is -2.51. The molecule has 0 bridgehead atoms. The van der Waals surface area contributed by atoms with Crippen LogP contribution >= 0.6 is 11.6 Å². The summed E-state index contributed by atoms with van der Waals surface area (Å²) in [6.07, 6.45) is 3.25. The maximum atomic E-state index is 11.3. The van der Waals surface area contributed by atoms with Crippen molar-refractivity contribution in [3.8, 4) is 11.5 Å². The summed E-state index contributed by atoms with van der Waals surface area (Å²) in [5.41, 5.74) is 1.68. The number of amides is 1. The van der Waals surface area contributed by atoms with E-state index in [2.05, 4.69) is 10.2 Å². The number of carbonyl (C=O) groups excluding carboxylic acids is 1. The monoisotopic (exact) mass is 444 g/mol. The molecule has 31 heavy (non-hydrogen) atoms. The highest BCUT2D eigenvalue weighted by Crippen LogP contribution is 2.40. The lowest BCUT2D eigenvalue weighted by Gasteiger charge is -2.45. The summed E-state index contributed by atoms with van der Waals surface area (Å²) < 4.78 is 12.2. The molecule has 0 saturated carbocycles. The number of likely N-dealkylation sites (tertiary alicyclic amines) is 1. The van der Waals surface area contributed by atoms with Gasteiger partial charge in [0.2, 0.25) is 5.91 Å². The fraction of sp³-hybridized carbons (Fsp3) is 0.458. The molecule has 1 saturated heterocycles. The third kappa shape index (κ3) is 5.50. The average Bonchev–Trinajstić information content (AvgIpc) is 2.75. The Balaban J connectivity index is 1.26. The van der Waals surface area contributed by atoms with Gasteiger partial charge in [-0.2, -0.15) is 0 Å². The van der Waals surface area contributed by atoms with Gasteiger partial charge in [0, 0.05) is 31.6 Å². The van der Waals surface area contributed by atoms with E-state index in [0.717, 1.165) is 49.5 Å². The van der Waals surface area contributed by atoms with E-state index in [4.69, 9.17) is 21.1 Å². The van der Waals surface area contributed by atoms with E-state index in [-0.39, 0.29) is 18.1 Å². The van der Waals surface area contributed by atoms with Gasteiger partial charge >= 0.3 is 0 Å². The third-order valence-electron chi connectivity index (χ3n) is 6.06. The van der Waals surface area contributed by atoms with Crippen molar-refractivity contribution in [1.29, 1.82) is 0 Å². The Morgan fingerprint density at radius 2 is 2.03 bits per heavy atom. The number of hydrogen-bond acceptors (Lipinski definition) is 5. The number of halogens is 1. The van der Waals surface area contributed by atoms with E-state index in [9.17, 15) is 9.90 Å². The number of rotatable bonds is 6. The van der Waals surface area contributed by atoms with Crippen molar-refractivity contribution < 1.29 is 19.4 Å². The molecular weight excluding hydrogens is 416 g/mol. The van der Waals surface area contributed by atoms with Crippen molar-refractivity contribution in [2.45, 2.75) is 44.3 Å². The lowest BCUT2D eigenvalue weighted by molar-refractivity contribution is -0.114. The van der Waals surface area contributed by atoms with E-state index < -0.39 is 6.10 Å². The van der Waals surface area contributed by atoms with E-state index in [0.29, 0.717) is 18.0 Å². The number of nitrogens with zero attached hydrogens (tertiary/aromatic N) is 1. The summed E-state index contributed by atoms with van der Waals surface area (Å²) in [7, 11) is 0. The minimum absolute atomic E-state index is 0.115. The summed E-state index contributed by atoms with van der Waals surface area (Å²) in [6, 6.07) is 13.1. The number of carbonyl (C=O) groups is 1. The highest BCUT2D eigenvalue weighted by atomic mass is 35.5. The summed E-state index contributed by atoms with van der Waals surface area (Å²) in [5, 5.41) is 14.0. The standard InChI is InChI=1S/C24H29ClN2O4/c1-17(28)26-21-4-2-3-5-23(21)30-16-20(29)15-27-12-10-24(11-13-27)9-8-18-14-19(25)6-7-22(18)31-24/h2-7,14,20,29H,8-13,15-16H2,1H3,(H,26,28)/t20-/m1/s1. The number of nitrogens with one attached hydrogen (secondary N) is 1. The molecule has 0 unspecified atom stereocenters. The largest absolute Gasteiger partial charge is 0.489 e. The van der Waals surface area contributed by atoms with Crippen molar-refractivity contribution >= 4 is 23.2 Å². The average molecular weight is 445 g/mol. The molecule has 0 aliphatic carbocycles. The molecule has 2 heterocycles. The van der Waals surface area contributed by atoms with E-state index in [1.807, 2.05) is 30.3 Å². The molecule has 7 heteroatoms. The van der Waals surface area contributed by atoms with E-state index in [1.165, 1.54) is 12.5 Å². The van der Waals surface area contributed by atoms with Crippen molar-refractivity contribution in [2.75, 3.05) is 31.6 Å². The van der Waals surface area contributed by atoms with Gasteiger partial charge in [-0.3, -0.25) is 4.79 Å². The molecule has 0 aromatic heterocycles. The molecular formula is C24H29ClN2O4. The second kappa shape index (κ2) is 9.47. The van der Waals surface area contributed by atoms with Gasteiger partial charge in [-0.25, -0.2) is 0 Å². The Morgan fingerprint density at radius 1 is 1.26 bits per heavy atom. The molecule has 6 nitrogen and oxygen atoms in total. The molecule has 0 radical (unpaired) electrons. The van der Waals surface area contributed by atoms with Crippen LogP contribution in [0.4, 0.5) is 5.69 Å². The number of para-hydroxylation sites is 2. The minimum atomic E-state index is -0.616. The zero-order chi connectivity index (χ0) is 21.8. The molecule has 1 atom stereocenters. The number of aryl methyl sites for hydroxylation is 1. The highest BCUT2D eigenvalue weighted by Gasteiger charge is 2.39. The fourth-order valence-corrected chi connectivity index (χ4v) is 4.60. The number of fused-ring (bicyclic) bond motifs is 1. The lowest BCUT2D eigenvalue weighted by atomic mass is 9.83. The topological polar surface area (TPSA) is 71.0 Å². The van der Waals surface area contributed by atoms with Crippen molar-refractivity contribution in [2.24, 2.45) is 0 Å². The molecule has 2 aliphatic rings. The summed E-state index contributed by atoms with van der Waals surface area (Å²) in [4.78, 5) is 13.6. The Morgan fingerprint density at radius 3 is 2.81 bits per heavy atom. The SMILES string of the molecule is CC(=O)Nc1ccccc1OC[C@H](O)CN1CCC2(CCc3cc(Cl)ccc3O2)CC1. The van der Waals surface area contributed by atoms with Gasteiger partial charge in [-0.1, -0.05) is 23.7 Å². The molecule has 1 amide bonds. The predicted octanol–water partition coefficient (Wildman–Crippen LogP) is 3.90. The van der Waals surface area contributed by atoms with Crippen LogP contribution in [0.5, 0.6) is 11.5 Å². The van der Waals surface area contributed by atoms with Gasteiger partial charge in [-0.15, -0.1) is 0 Å². The molecule has 1 spiro atoms. The van der Waals surface area contributed by atoms with E-state index >= 15 is 0 Å². The Kier molecular flexibility index (Phi) is 6.70. The first kappa shape index (κ1) is 21.9. The van der Waals surface area contributed by atoms with Gasteiger partial charge in [0.1, 0.15) is 29.8 Å². The molecule has 4 rings (SSSR count). The molecule has 2 N–H and O–H groups in total. The number of aliphatic hydroxyl groups excluding tert-OH is 1. The number of β-amino-alcohol motifs (C(OH)–C–C–N with tert-alkyl or cyclic N) is 1. The Labute approximate surface area is 188 Å². The Bertz CT molecular complexity index is 928. The van der Waals surface area contributed by atoms with Gasteiger partial charge in [0.15, 0.2) is 0 Å². The number of anilines is 1. The zero-order valence-corrected chi connectivity index (χ0v) is 18.5. The molecule has 2 aromatic carbocycles. The van der Waals surface area contributed by atoms with Crippen LogP contribution in [0.1, 0.15) is 31.7 Å². The van der Waals surface area contributed by atoms with Crippen molar-refractivity contribution in [3.63, 3.8) is 0 Å². The number of aliphatic hydroxyl groups is 1. The number of piperidine rings is 1. The first-order valence-electron chi connectivity index (χ1n) is 10.8. The summed E-state index contributed by atoms with van der Waals surface area (Å²) in [6.45, 7) is 3.93. The number of benzene rings is 2. The predicted molar refractivity (Wildman–Crippen MR) is 121 cm³/mol. The smallest absolute Gasteiger partial charge is 0.221 e. The number of ether oxygens (including phenoxy) is 2. The van der Waals surface area contributed by atoms with Crippen LogP contribution in [-0.2, 0) is 11.2 Å². The van der Waals surface area contributed by atoms with Crippen LogP contribution in [0.3, 0.4) is 0 Å². The van der Waals surface area contributed by atoms with Crippen molar-refractivity contribution in [3.05, 3.63) is 53.1 Å². The molecule has 2 aliphatic heterocycles. The van der Waals surface area contributed by atoms with Crippen molar-refractivity contribution in [1.82, 2.24) is 4.90 Å². The summed E-state index contributed by atoms with van der Waals surface area (Å²) >= 11 is 6.10. The van der Waals surface area contributed by atoms with Gasteiger partial charge < -0.3 is 24.8 Å². The van der Waals surface area contributed by atoms with Crippen LogP contribution in [0.2, 0.25) is 5.02 Å². The van der Waals surface area contributed by atoms with Crippen LogP contribution in [0.25, 0.3) is 0 Å². The summed E-state index contributed by atoms with van der Waals surface area (Å²) in [5.74, 6) is 1.36. The van der Waals surface area contributed by atoms with Gasteiger partial charge in [0.25, 0.3) is 0 Å². The van der Waals surface area contributed by atoms with Crippen LogP contribution in [-0.4, -0.2) is 53.9 Å². The first-order valence-corrected chi connectivity index (χ1v) is 11.2. The fourth-order valence-electron chi connectivity index (χ4n) is 4.41. The molecule has 166 valence electrons. The molecule has 2 aromatic rings. The third-order valence-corrected chi connectivity index (χ3v) is 6.30. The quantitative estimate of drug-likeness (QED) is 0.707. The van der Waals surface area contributed by atoms with Gasteiger partial charge in [0.05, 0.1) is 5.69 Å². The van der Waals surface area contributed by atoms with E-state index in [1.54, 1.807) is 12.1 Å². The Hall–Kier alpha value is -2.28. The number of hydrogen-bond donors (Lipinski definition) is 2. The van der Waals surface area contributed by atoms with Crippen LogP contribution in [0.15, 0.2) is 42.5 Å². The maximum Gasteiger partial charge on any atom is 0.221 e. The zero-order valence-electron chi connectivity index (χ0n) is 17.8. The minimum Gasteiger partial charge on any atom is -0.489 e. The first-order chi connectivity index (χ1) is 14.9. The molecule has 1 fully saturated rings. The second-order valence-electron chi connectivity index (χ2n) is 8.48. The second-order valence-corrected chi connectivity index (χ2v) is 8.92. The normalized spacial score (nSPS) is 18.7.